The molecule has 0 fully saturated rings. The fourth-order valence-corrected chi connectivity index (χ4v) is 2.86. The van der Waals surface area contributed by atoms with Gasteiger partial charge in [-0.25, -0.2) is 9.07 Å². The van der Waals surface area contributed by atoms with Crippen LogP contribution in [-0.2, 0) is 5.54 Å². The Kier molecular flexibility index (Phi) is 5.28. The summed E-state index contributed by atoms with van der Waals surface area (Å²) in [5.74, 6) is 0.445. The van der Waals surface area contributed by atoms with Gasteiger partial charge in [-0.1, -0.05) is 11.8 Å². The number of hydrogen-bond donors (Lipinski definition) is 0. The van der Waals surface area contributed by atoms with E-state index in [1.165, 1.54) is 36.0 Å². The van der Waals surface area contributed by atoms with Gasteiger partial charge in [0.2, 0.25) is 5.16 Å². The van der Waals surface area contributed by atoms with Crippen molar-refractivity contribution in [3.8, 4) is 0 Å². The van der Waals surface area contributed by atoms with Gasteiger partial charge in [-0.05, 0) is 61.9 Å². The van der Waals surface area contributed by atoms with Crippen molar-refractivity contribution in [3.05, 3.63) is 35.6 Å². The first-order valence-corrected chi connectivity index (χ1v) is 8.07. The van der Waals surface area contributed by atoms with Gasteiger partial charge in [0.05, 0.1) is 5.54 Å². The highest BCUT2D eigenvalue weighted by Crippen LogP contribution is 2.22. The second-order valence-electron chi connectivity index (χ2n) is 5.93. The molecule has 0 aliphatic carbocycles. The van der Waals surface area contributed by atoms with Gasteiger partial charge in [0.25, 0.3) is 0 Å². The molecule has 0 N–H and O–H groups in total. The molecule has 0 saturated heterocycles. The molecule has 22 heavy (non-hydrogen) atoms. The van der Waals surface area contributed by atoms with E-state index in [0.29, 0.717) is 12.0 Å². The van der Waals surface area contributed by atoms with Crippen LogP contribution in [0.3, 0.4) is 0 Å². The van der Waals surface area contributed by atoms with Crippen LogP contribution in [0.4, 0.5) is 4.39 Å². The highest BCUT2D eigenvalue weighted by molar-refractivity contribution is 7.99. The third kappa shape index (κ3) is 4.37. The molecule has 1 heterocycles. The minimum Gasteiger partial charge on any atom is -0.294 e. The first-order chi connectivity index (χ1) is 10.4. The zero-order chi connectivity index (χ0) is 16.2. The van der Waals surface area contributed by atoms with Gasteiger partial charge in [0.15, 0.2) is 5.78 Å². The lowest BCUT2D eigenvalue weighted by atomic mass is 10.1. The molecule has 1 aromatic carbocycles. The van der Waals surface area contributed by atoms with Crippen LogP contribution in [0.15, 0.2) is 29.4 Å². The summed E-state index contributed by atoms with van der Waals surface area (Å²) in [6, 6.07) is 5.65. The quantitative estimate of drug-likeness (QED) is 0.464. The number of carbonyl (C=O) groups excluding carboxylic acids is 1. The van der Waals surface area contributed by atoms with Crippen molar-refractivity contribution in [3.63, 3.8) is 0 Å². The number of aromatic nitrogens is 4. The third-order valence-electron chi connectivity index (χ3n) is 3.02. The molecule has 2 aromatic rings. The number of tetrazole rings is 1. The summed E-state index contributed by atoms with van der Waals surface area (Å²) in [5, 5.41) is 12.4. The topological polar surface area (TPSA) is 60.7 Å². The van der Waals surface area contributed by atoms with Crippen molar-refractivity contribution in [1.29, 1.82) is 0 Å². The average molecular weight is 322 g/mol. The van der Waals surface area contributed by atoms with Crippen LogP contribution in [0.1, 0.15) is 44.0 Å². The first kappa shape index (κ1) is 16.6. The van der Waals surface area contributed by atoms with E-state index in [1.54, 1.807) is 4.68 Å². The number of benzene rings is 1. The molecule has 0 aliphatic heterocycles. The van der Waals surface area contributed by atoms with Crippen molar-refractivity contribution < 1.29 is 9.18 Å². The van der Waals surface area contributed by atoms with Crippen LogP contribution in [0.5, 0.6) is 0 Å². The predicted octanol–water partition coefficient (Wildman–Crippen LogP) is 3.32. The van der Waals surface area contributed by atoms with E-state index in [9.17, 15) is 9.18 Å². The van der Waals surface area contributed by atoms with Crippen LogP contribution < -0.4 is 0 Å². The highest BCUT2D eigenvalue weighted by atomic mass is 32.2. The zero-order valence-electron chi connectivity index (χ0n) is 12.9. The summed E-state index contributed by atoms with van der Waals surface area (Å²) >= 11 is 1.53. The Morgan fingerprint density at radius 1 is 1.27 bits per heavy atom. The second-order valence-corrected chi connectivity index (χ2v) is 6.99. The Morgan fingerprint density at radius 3 is 2.59 bits per heavy atom. The molecular weight excluding hydrogens is 303 g/mol. The Morgan fingerprint density at radius 2 is 1.95 bits per heavy atom. The monoisotopic (exact) mass is 322 g/mol. The van der Waals surface area contributed by atoms with Crippen LogP contribution in [0.2, 0.25) is 0 Å². The molecule has 0 aliphatic rings. The number of rotatable bonds is 6. The van der Waals surface area contributed by atoms with Gasteiger partial charge in [0, 0.05) is 17.7 Å². The molecular formula is C15H19FN4OS. The lowest BCUT2D eigenvalue weighted by molar-refractivity contribution is 0.0982. The molecule has 0 amide bonds. The maximum Gasteiger partial charge on any atom is 0.209 e. The molecule has 118 valence electrons. The second kappa shape index (κ2) is 7.00. The Bertz CT molecular complexity index is 634. The predicted molar refractivity (Wildman–Crippen MR) is 83.5 cm³/mol. The third-order valence-corrected chi connectivity index (χ3v) is 4.03. The van der Waals surface area contributed by atoms with Gasteiger partial charge < -0.3 is 0 Å². The van der Waals surface area contributed by atoms with E-state index in [1.807, 2.05) is 20.8 Å². The van der Waals surface area contributed by atoms with Crippen LogP contribution in [-0.4, -0.2) is 31.7 Å². The smallest absolute Gasteiger partial charge is 0.209 e. The molecule has 5 nitrogen and oxygen atoms in total. The summed E-state index contributed by atoms with van der Waals surface area (Å²) in [5.41, 5.74) is 0.376. The molecule has 0 saturated carbocycles. The van der Waals surface area contributed by atoms with Crippen molar-refractivity contribution in [2.24, 2.45) is 0 Å². The number of Topliss-reactive ketones (excluding diaryl/α,β-unsaturated/α-hetero) is 1. The number of nitrogens with zero attached hydrogens (tertiary/aromatic N) is 4. The lowest BCUT2D eigenvalue weighted by Crippen LogP contribution is -2.24. The van der Waals surface area contributed by atoms with Crippen molar-refractivity contribution in [2.75, 3.05) is 5.75 Å². The summed E-state index contributed by atoms with van der Waals surface area (Å²) in [7, 11) is 0. The van der Waals surface area contributed by atoms with Crippen LogP contribution in [0, 0.1) is 5.82 Å². The number of halogens is 1. The van der Waals surface area contributed by atoms with Gasteiger partial charge in [-0.2, -0.15) is 0 Å². The summed E-state index contributed by atoms with van der Waals surface area (Å²) in [6.45, 7) is 6.10. The fourth-order valence-electron chi connectivity index (χ4n) is 1.87. The molecule has 0 unspecified atom stereocenters. The van der Waals surface area contributed by atoms with E-state index in [2.05, 4.69) is 15.5 Å². The first-order valence-electron chi connectivity index (χ1n) is 7.08. The molecule has 2 rings (SSSR count). The zero-order valence-corrected chi connectivity index (χ0v) is 13.7. The van der Waals surface area contributed by atoms with Crippen LogP contribution >= 0.6 is 11.8 Å². The van der Waals surface area contributed by atoms with Crippen LogP contribution in [0.25, 0.3) is 0 Å². The largest absolute Gasteiger partial charge is 0.294 e. The number of thioether (sulfide) groups is 1. The highest BCUT2D eigenvalue weighted by Gasteiger charge is 2.19. The number of ketones is 1. The Balaban J connectivity index is 1.81. The van der Waals surface area contributed by atoms with Gasteiger partial charge in [-0.15, -0.1) is 5.10 Å². The number of carbonyl (C=O) groups is 1. The molecule has 0 bridgehead atoms. The maximum atomic E-state index is 12.8. The van der Waals surface area contributed by atoms with E-state index in [-0.39, 0.29) is 17.1 Å². The molecule has 7 heteroatoms. The Labute approximate surface area is 133 Å². The molecule has 0 radical (unpaired) electrons. The molecule has 0 atom stereocenters. The van der Waals surface area contributed by atoms with E-state index >= 15 is 0 Å². The Hall–Kier alpha value is -1.76. The average Bonchev–Trinajstić information content (AvgIpc) is 2.92. The summed E-state index contributed by atoms with van der Waals surface area (Å²) in [4.78, 5) is 12.0. The lowest BCUT2D eigenvalue weighted by Gasteiger charge is -2.19. The number of hydrogen-bond acceptors (Lipinski definition) is 5. The van der Waals surface area contributed by atoms with E-state index < -0.39 is 0 Å². The minimum atomic E-state index is -0.332. The molecule has 0 spiro atoms. The summed E-state index contributed by atoms with van der Waals surface area (Å²) in [6.07, 6.45) is 1.15. The van der Waals surface area contributed by atoms with Gasteiger partial charge >= 0.3 is 0 Å². The van der Waals surface area contributed by atoms with Crippen molar-refractivity contribution in [2.45, 2.75) is 44.3 Å². The maximum absolute atomic E-state index is 12.8. The fraction of sp³-hybridized carbons (Fsp3) is 0.467. The van der Waals surface area contributed by atoms with E-state index in [0.717, 1.165) is 17.3 Å². The van der Waals surface area contributed by atoms with E-state index in [4.69, 9.17) is 0 Å². The van der Waals surface area contributed by atoms with Gasteiger partial charge in [-0.3, -0.25) is 4.79 Å². The minimum absolute atomic E-state index is 0.0241. The van der Waals surface area contributed by atoms with Crippen molar-refractivity contribution in [1.82, 2.24) is 20.2 Å². The standard InChI is InChI=1S/C15H19FN4OS/c1-15(2,3)20-14(17-18-19-20)22-10-4-5-13(21)11-6-8-12(16)9-7-11/h6-9H,4-5,10H2,1-3H3. The van der Waals surface area contributed by atoms with Crippen molar-refractivity contribution >= 4 is 17.5 Å². The molecule has 1 aromatic heterocycles. The van der Waals surface area contributed by atoms with Gasteiger partial charge in [0.1, 0.15) is 5.82 Å². The summed E-state index contributed by atoms with van der Waals surface area (Å²) < 4.78 is 14.6. The SMILES string of the molecule is CC(C)(C)n1nnnc1SCCCC(=O)c1ccc(F)cc1. The normalized spacial score (nSPS) is 11.6.